The first-order valence-electron chi connectivity index (χ1n) is 4.82. The zero-order valence-electron chi connectivity index (χ0n) is 8.14. The minimum Gasteiger partial charge on any atom is -0.481 e. The summed E-state index contributed by atoms with van der Waals surface area (Å²) in [5, 5.41) is 8.51. The van der Waals surface area contributed by atoms with Crippen molar-refractivity contribution < 1.29 is 14.7 Å². The zero-order chi connectivity index (χ0) is 10.3. The van der Waals surface area contributed by atoms with Crippen molar-refractivity contribution in [3.8, 4) is 0 Å². The highest BCUT2D eigenvalue weighted by Crippen LogP contribution is 2.31. The quantitative estimate of drug-likeness (QED) is 0.656. The van der Waals surface area contributed by atoms with Crippen LogP contribution in [0.2, 0.25) is 0 Å². The fourth-order valence-electron chi connectivity index (χ4n) is 2.17. The number of piperazine rings is 1. The normalized spacial score (nSPS) is 31.5. The summed E-state index contributed by atoms with van der Waals surface area (Å²) in [6.45, 7) is 1.05. The molecule has 3 aliphatic heterocycles. The van der Waals surface area contributed by atoms with Gasteiger partial charge in [0.15, 0.2) is 0 Å². The summed E-state index contributed by atoms with van der Waals surface area (Å²) in [6.07, 6.45) is 0.994. The average Bonchev–Trinajstić information content (AvgIpc) is 2.14. The van der Waals surface area contributed by atoms with Crippen LogP contribution < -0.4 is 0 Å². The Labute approximate surface area is 82.3 Å². The predicted octanol–water partition coefficient (Wildman–Crippen LogP) is -0.624. The Morgan fingerprint density at radius 3 is 2.86 bits per heavy atom. The fraction of sp³-hybridized carbons (Fsp3) is 0.778. The fourth-order valence-corrected chi connectivity index (χ4v) is 2.17. The van der Waals surface area contributed by atoms with Gasteiger partial charge in [-0.25, -0.2) is 0 Å². The van der Waals surface area contributed by atoms with E-state index in [0.717, 1.165) is 6.42 Å². The van der Waals surface area contributed by atoms with Gasteiger partial charge in [0.05, 0.1) is 12.5 Å². The van der Waals surface area contributed by atoms with E-state index in [1.807, 2.05) is 7.05 Å². The molecule has 78 valence electrons. The Balaban J connectivity index is 1.90. The molecular formula is C9H14N2O3. The standard InChI is InChI=1S/C9H14N2O3/c1-10-6-4-7(10)9(14)11(5-6)3-2-8(12)13/h6-7H,2-5H2,1H3,(H,12,13). The highest BCUT2D eigenvalue weighted by molar-refractivity contribution is 5.85. The van der Waals surface area contributed by atoms with Crippen LogP contribution in [0.1, 0.15) is 12.8 Å². The number of fused-ring (bicyclic) bond motifs is 2. The van der Waals surface area contributed by atoms with Crippen molar-refractivity contribution in [2.75, 3.05) is 20.1 Å². The van der Waals surface area contributed by atoms with Gasteiger partial charge in [0, 0.05) is 19.1 Å². The maximum absolute atomic E-state index is 11.7. The van der Waals surface area contributed by atoms with Crippen molar-refractivity contribution in [3.05, 3.63) is 0 Å². The van der Waals surface area contributed by atoms with E-state index < -0.39 is 5.97 Å². The molecule has 2 bridgehead atoms. The maximum Gasteiger partial charge on any atom is 0.305 e. The van der Waals surface area contributed by atoms with Crippen molar-refractivity contribution in [1.82, 2.24) is 9.80 Å². The summed E-state index contributed by atoms with van der Waals surface area (Å²) in [6, 6.07) is 0.467. The number of carbonyl (C=O) groups excluding carboxylic acids is 1. The van der Waals surface area contributed by atoms with Gasteiger partial charge in [-0.2, -0.15) is 0 Å². The lowest BCUT2D eigenvalue weighted by atomic mass is 9.87. The summed E-state index contributed by atoms with van der Waals surface area (Å²) in [5.74, 6) is -0.748. The van der Waals surface area contributed by atoms with Crippen molar-refractivity contribution in [2.24, 2.45) is 0 Å². The lowest BCUT2D eigenvalue weighted by Gasteiger charge is -2.53. The molecule has 0 spiro atoms. The molecule has 3 heterocycles. The van der Waals surface area contributed by atoms with Gasteiger partial charge in [-0.3, -0.25) is 14.5 Å². The van der Waals surface area contributed by atoms with Crippen LogP contribution in [0, 0.1) is 0 Å². The molecule has 5 nitrogen and oxygen atoms in total. The van der Waals surface area contributed by atoms with Crippen molar-refractivity contribution in [2.45, 2.75) is 24.9 Å². The summed E-state index contributed by atoms with van der Waals surface area (Å²) in [7, 11) is 1.95. The first kappa shape index (κ1) is 9.45. The van der Waals surface area contributed by atoms with Gasteiger partial charge < -0.3 is 10.0 Å². The van der Waals surface area contributed by atoms with Crippen LogP contribution in [0.4, 0.5) is 0 Å². The lowest BCUT2D eigenvalue weighted by Crippen LogP contribution is -2.69. The molecule has 0 aromatic rings. The third-order valence-corrected chi connectivity index (χ3v) is 3.19. The van der Waals surface area contributed by atoms with E-state index in [9.17, 15) is 9.59 Å². The molecule has 0 aromatic carbocycles. The van der Waals surface area contributed by atoms with Gasteiger partial charge in [-0.1, -0.05) is 0 Å². The van der Waals surface area contributed by atoms with E-state index in [2.05, 4.69) is 4.90 Å². The Bertz CT molecular complexity index is 279. The molecule has 5 heteroatoms. The van der Waals surface area contributed by atoms with Gasteiger partial charge >= 0.3 is 5.97 Å². The second-order valence-electron chi connectivity index (χ2n) is 4.00. The summed E-state index contributed by atoms with van der Waals surface area (Å²) in [4.78, 5) is 25.8. The van der Waals surface area contributed by atoms with E-state index in [0.29, 0.717) is 19.1 Å². The Morgan fingerprint density at radius 1 is 1.64 bits per heavy atom. The molecule has 0 saturated carbocycles. The summed E-state index contributed by atoms with van der Waals surface area (Å²) >= 11 is 0. The van der Waals surface area contributed by atoms with E-state index >= 15 is 0 Å². The van der Waals surface area contributed by atoms with Crippen LogP contribution in [-0.2, 0) is 9.59 Å². The number of rotatable bonds is 3. The number of likely N-dealkylation sites (N-methyl/N-ethyl adjacent to an activating group) is 1. The number of hydrogen-bond acceptors (Lipinski definition) is 3. The Kier molecular flexibility index (Phi) is 2.19. The molecule has 0 aromatic heterocycles. The van der Waals surface area contributed by atoms with Crippen molar-refractivity contribution in [3.63, 3.8) is 0 Å². The number of amides is 1. The maximum atomic E-state index is 11.7. The number of piperidine rings is 1. The predicted molar refractivity (Wildman–Crippen MR) is 48.8 cm³/mol. The molecule has 2 unspecified atom stereocenters. The van der Waals surface area contributed by atoms with Crippen LogP contribution in [0.15, 0.2) is 0 Å². The average molecular weight is 198 g/mol. The number of nitrogens with zero attached hydrogens (tertiary/aromatic N) is 2. The SMILES string of the molecule is CN1C2CC1C(=O)N(CCC(=O)O)C2. The van der Waals surface area contributed by atoms with Gasteiger partial charge in [0.1, 0.15) is 0 Å². The topological polar surface area (TPSA) is 60.9 Å². The lowest BCUT2D eigenvalue weighted by molar-refractivity contribution is -0.157. The second-order valence-corrected chi connectivity index (χ2v) is 4.00. The monoisotopic (exact) mass is 198 g/mol. The van der Waals surface area contributed by atoms with E-state index in [-0.39, 0.29) is 18.4 Å². The van der Waals surface area contributed by atoms with Crippen molar-refractivity contribution in [1.29, 1.82) is 0 Å². The summed E-state index contributed by atoms with van der Waals surface area (Å²) < 4.78 is 0. The number of aliphatic carboxylic acids is 1. The number of carboxylic acids is 1. The van der Waals surface area contributed by atoms with Crippen LogP contribution >= 0.6 is 0 Å². The molecule has 3 saturated heterocycles. The first-order valence-corrected chi connectivity index (χ1v) is 4.82. The third-order valence-electron chi connectivity index (χ3n) is 3.19. The van der Waals surface area contributed by atoms with E-state index in [1.165, 1.54) is 0 Å². The molecule has 1 amide bonds. The molecule has 0 radical (unpaired) electrons. The van der Waals surface area contributed by atoms with Crippen molar-refractivity contribution >= 4 is 11.9 Å². The molecule has 1 N–H and O–H groups in total. The number of carboxylic acid groups (broad SMARTS) is 1. The summed E-state index contributed by atoms with van der Waals surface area (Å²) in [5.41, 5.74) is 0. The van der Waals surface area contributed by atoms with Crippen LogP contribution in [-0.4, -0.2) is 59.0 Å². The highest BCUT2D eigenvalue weighted by atomic mass is 16.4. The number of carbonyl (C=O) groups is 2. The minimum atomic E-state index is -0.842. The van der Waals surface area contributed by atoms with Crippen LogP contribution in [0.25, 0.3) is 0 Å². The highest BCUT2D eigenvalue weighted by Gasteiger charge is 2.47. The molecular weight excluding hydrogens is 184 g/mol. The molecule has 3 rings (SSSR count). The largest absolute Gasteiger partial charge is 0.481 e. The Hall–Kier alpha value is -1.10. The molecule has 0 aliphatic carbocycles. The van der Waals surface area contributed by atoms with E-state index in [1.54, 1.807) is 4.90 Å². The molecule has 14 heavy (non-hydrogen) atoms. The second kappa shape index (κ2) is 3.24. The van der Waals surface area contributed by atoms with Crippen LogP contribution in [0.3, 0.4) is 0 Å². The first-order chi connectivity index (χ1) is 6.59. The zero-order valence-corrected chi connectivity index (χ0v) is 8.14. The van der Waals surface area contributed by atoms with Crippen LogP contribution in [0.5, 0.6) is 0 Å². The van der Waals surface area contributed by atoms with Gasteiger partial charge in [0.25, 0.3) is 0 Å². The van der Waals surface area contributed by atoms with E-state index in [4.69, 9.17) is 5.11 Å². The molecule has 3 fully saturated rings. The minimum absolute atomic E-state index is 0.0162. The molecule has 2 atom stereocenters. The third kappa shape index (κ3) is 1.37. The van der Waals surface area contributed by atoms with Gasteiger partial charge in [-0.05, 0) is 13.5 Å². The van der Waals surface area contributed by atoms with Gasteiger partial charge in [0.2, 0.25) is 5.91 Å². The van der Waals surface area contributed by atoms with Gasteiger partial charge in [-0.15, -0.1) is 0 Å². The smallest absolute Gasteiger partial charge is 0.305 e. The number of hydrogen-bond donors (Lipinski definition) is 1. The Morgan fingerprint density at radius 2 is 2.36 bits per heavy atom. The molecule has 3 aliphatic rings.